The predicted molar refractivity (Wildman–Crippen MR) is 131 cm³/mol. The Kier molecular flexibility index (Phi) is 8.20. The van der Waals surface area contributed by atoms with E-state index in [0.29, 0.717) is 27.6 Å². The van der Waals surface area contributed by atoms with Gasteiger partial charge < -0.3 is 10.1 Å². The van der Waals surface area contributed by atoms with E-state index in [0.717, 1.165) is 3.57 Å². The molecule has 3 aromatic rings. The summed E-state index contributed by atoms with van der Waals surface area (Å²) in [6.07, 6.45) is 1.34. The fourth-order valence-electron chi connectivity index (χ4n) is 2.39. The van der Waals surface area contributed by atoms with Crippen LogP contribution in [-0.4, -0.2) is 24.0 Å². The van der Waals surface area contributed by atoms with E-state index >= 15 is 0 Å². The summed E-state index contributed by atoms with van der Waals surface area (Å²) in [5.41, 5.74) is 3.53. The van der Waals surface area contributed by atoms with Gasteiger partial charge in [0.2, 0.25) is 0 Å². The summed E-state index contributed by atoms with van der Waals surface area (Å²) >= 11 is 13.7. The molecule has 0 radical (unpaired) electrons. The zero-order valence-corrected chi connectivity index (χ0v) is 19.8. The highest BCUT2D eigenvalue weighted by atomic mass is 127. The number of hydrazone groups is 1. The molecular formula is C22H14Cl2IN3O4. The van der Waals surface area contributed by atoms with Gasteiger partial charge in [-0.3, -0.25) is 9.59 Å². The molecule has 7 nitrogen and oxygen atoms in total. The van der Waals surface area contributed by atoms with Gasteiger partial charge in [-0.25, -0.2) is 10.2 Å². The maximum absolute atomic E-state index is 12.2. The highest BCUT2D eigenvalue weighted by Crippen LogP contribution is 2.25. The van der Waals surface area contributed by atoms with E-state index < -0.39 is 17.8 Å². The van der Waals surface area contributed by atoms with Crippen molar-refractivity contribution < 1.29 is 19.1 Å². The summed E-state index contributed by atoms with van der Waals surface area (Å²) in [5, 5.41) is 6.70. The van der Waals surface area contributed by atoms with Crippen molar-refractivity contribution in [1.29, 1.82) is 0 Å². The molecule has 3 aromatic carbocycles. The quantitative estimate of drug-likeness (QED) is 0.112. The molecule has 0 fully saturated rings. The summed E-state index contributed by atoms with van der Waals surface area (Å²) in [5.74, 6) is -1.98. The maximum atomic E-state index is 12.2. The molecule has 0 saturated carbocycles. The normalized spacial score (nSPS) is 10.6. The van der Waals surface area contributed by atoms with Crippen LogP contribution in [0.4, 0.5) is 5.69 Å². The predicted octanol–water partition coefficient (Wildman–Crippen LogP) is 4.91. The lowest BCUT2D eigenvalue weighted by molar-refractivity contribution is -0.136. The Hall–Kier alpha value is -2.95. The average molecular weight is 582 g/mol. The molecule has 0 aromatic heterocycles. The van der Waals surface area contributed by atoms with Crippen molar-refractivity contribution in [3.63, 3.8) is 0 Å². The summed E-state index contributed by atoms with van der Waals surface area (Å²) in [4.78, 5) is 36.0. The zero-order chi connectivity index (χ0) is 23.1. The number of amides is 2. The van der Waals surface area contributed by atoms with Crippen molar-refractivity contribution in [3.05, 3.63) is 91.5 Å². The monoisotopic (exact) mass is 581 g/mol. The zero-order valence-electron chi connectivity index (χ0n) is 16.1. The van der Waals surface area contributed by atoms with Gasteiger partial charge in [-0.1, -0.05) is 35.3 Å². The van der Waals surface area contributed by atoms with Crippen molar-refractivity contribution in [2.45, 2.75) is 0 Å². The molecule has 10 heteroatoms. The largest absolute Gasteiger partial charge is 0.423 e. The SMILES string of the molecule is O=C(N/N=C\c1ccc(OC(=O)c2ccccc2I)cc1)C(=O)Nc1ccc(Cl)c(Cl)c1. The van der Waals surface area contributed by atoms with Crippen LogP contribution in [0.5, 0.6) is 5.75 Å². The number of rotatable bonds is 5. The minimum absolute atomic E-state index is 0.246. The molecule has 0 bridgehead atoms. The second-order valence-corrected chi connectivity index (χ2v) is 8.20. The van der Waals surface area contributed by atoms with Crippen molar-refractivity contribution in [2.75, 3.05) is 5.32 Å². The number of carbonyl (C=O) groups excluding carboxylic acids is 3. The standard InChI is InChI=1S/C22H14Cl2IN3O4/c23-17-10-7-14(11-18(17)24)27-20(29)21(30)28-26-12-13-5-8-15(9-6-13)32-22(31)16-3-1-2-4-19(16)25/h1-12H,(H,27,29)(H,28,30)/b26-12-. The molecule has 0 atom stereocenters. The van der Waals surface area contributed by atoms with Crippen LogP contribution in [0.25, 0.3) is 0 Å². The Morgan fingerprint density at radius 3 is 2.31 bits per heavy atom. The first-order valence-corrected chi connectivity index (χ1v) is 10.8. The number of carbonyl (C=O) groups is 3. The number of nitrogens with one attached hydrogen (secondary N) is 2. The van der Waals surface area contributed by atoms with Gasteiger partial charge in [-0.15, -0.1) is 0 Å². The number of anilines is 1. The van der Waals surface area contributed by atoms with Gasteiger partial charge in [0.15, 0.2) is 0 Å². The smallest absolute Gasteiger partial charge is 0.344 e. The van der Waals surface area contributed by atoms with Crippen LogP contribution < -0.4 is 15.5 Å². The third kappa shape index (κ3) is 6.52. The van der Waals surface area contributed by atoms with Gasteiger partial charge >= 0.3 is 17.8 Å². The topological polar surface area (TPSA) is 96.9 Å². The highest BCUT2D eigenvalue weighted by Gasteiger charge is 2.14. The summed E-state index contributed by atoms with van der Waals surface area (Å²) in [6, 6.07) is 18.0. The Bertz CT molecular complexity index is 1200. The second kappa shape index (κ2) is 11.1. The lowest BCUT2D eigenvalue weighted by Crippen LogP contribution is -2.32. The Labute approximate surface area is 206 Å². The van der Waals surface area contributed by atoms with Gasteiger partial charge in [0.1, 0.15) is 5.75 Å². The fraction of sp³-hybridized carbons (Fsp3) is 0. The van der Waals surface area contributed by atoms with Crippen LogP contribution in [0.1, 0.15) is 15.9 Å². The lowest BCUT2D eigenvalue weighted by Gasteiger charge is -2.06. The number of esters is 1. The molecule has 0 aliphatic rings. The Morgan fingerprint density at radius 1 is 0.906 bits per heavy atom. The highest BCUT2D eigenvalue weighted by molar-refractivity contribution is 14.1. The molecule has 2 N–H and O–H groups in total. The minimum atomic E-state index is -0.963. The van der Waals surface area contributed by atoms with E-state index in [1.54, 1.807) is 36.4 Å². The Balaban J connectivity index is 1.52. The van der Waals surface area contributed by atoms with Gasteiger partial charge in [0.25, 0.3) is 0 Å². The molecule has 0 spiro atoms. The van der Waals surface area contributed by atoms with Gasteiger partial charge in [-0.2, -0.15) is 5.10 Å². The van der Waals surface area contributed by atoms with Crippen molar-refractivity contribution in [1.82, 2.24) is 5.43 Å². The number of halogens is 3. The fourth-order valence-corrected chi connectivity index (χ4v) is 3.29. The molecule has 0 aliphatic carbocycles. The van der Waals surface area contributed by atoms with Crippen LogP contribution in [0.15, 0.2) is 71.8 Å². The van der Waals surface area contributed by atoms with E-state index in [1.807, 2.05) is 12.1 Å². The molecule has 162 valence electrons. The number of ether oxygens (including phenoxy) is 1. The van der Waals surface area contributed by atoms with E-state index in [9.17, 15) is 14.4 Å². The number of hydrogen-bond donors (Lipinski definition) is 2. The molecule has 2 amide bonds. The number of hydrogen-bond acceptors (Lipinski definition) is 5. The summed E-state index contributed by atoms with van der Waals surface area (Å²) in [6.45, 7) is 0. The van der Waals surface area contributed by atoms with Crippen molar-refractivity contribution in [2.24, 2.45) is 5.10 Å². The molecule has 0 heterocycles. The van der Waals surface area contributed by atoms with E-state index in [-0.39, 0.29) is 5.02 Å². The molecule has 0 aliphatic heterocycles. The maximum Gasteiger partial charge on any atom is 0.344 e. The minimum Gasteiger partial charge on any atom is -0.423 e. The summed E-state index contributed by atoms with van der Waals surface area (Å²) < 4.78 is 6.14. The lowest BCUT2D eigenvalue weighted by atomic mass is 10.2. The first kappa shape index (κ1) is 23.7. The van der Waals surface area contributed by atoms with Crippen LogP contribution >= 0.6 is 45.8 Å². The van der Waals surface area contributed by atoms with Crippen molar-refractivity contribution in [3.8, 4) is 5.75 Å². The van der Waals surface area contributed by atoms with E-state index in [2.05, 4.69) is 38.4 Å². The molecule has 3 rings (SSSR count). The van der Waals surface area contributed by atoms with Gasteiger partial charge in [0, 0.05) is 9.26 Å². The molecular weight excluding hydrogens is 568 g/mol. The van der Waals surface area contributed by atoms with E-state index in [4.69, 9.17) is 27.9 Å². The van der Waals surface area contributed by atoms with Crippen LogP contribution in [0, 0.1) is 3.57 Å². The molecule has 0 unspecified atom stereocenters. The first-order valence-electron chi connectivity index (χ1n) is 8.99. The molecule has 0 saturated heterocycles. The van der Waals surface area contributed by atoms with Crippen LogP contribution in [0.2, 0.25) is 10.0 Å². The molecule has 32 heavy (non-hydrogen) atoms. The van der Waals surface area contributed by atoms with Crippen molar-refractivity contribution >= 4 is 75.5 Å². The summed E-state index contributed by atoms with van der Waals surface area (Å²) in [7, 11) is 0. The average Bonchev–Trinajstić information content (AvgIpc) is 2.77. The second-order valence-electron chi connectivity index (χ2n) is 6.22. The third-order valence-corrected chi connectivity index (χ3v) is 5.63. The third-order valence-electron chi connectivity index (χ3n) is 3.95. The van der Waals surface area contributed by atoms with Crippen LogP contribution in [0.3, 0.4) is 0 Å². The van der Waals surface area contributed by atoms with Gasteiger partial charge in [-0.05, 0) is 82.8 Å². The van der Waals surface area contributed by atoms with Crippen LogP contribution in [-0.2, 0) is 9.59 Å². The number of nitrogens with zero attached hydrogens (tertiary/aromatic N) is 1. The first-order chi connectivity index (χ1) is 15.3. The van der Waals surface area contributed by atoms with Gasteiger partial charge in [0.05, 0.1) is 21.8 Å². The van der Waals surface area contributed by atoms with E-state index in [1.165, 1.54) is 24.4 Å². The number of benzene rings is 3. The Morgan fingerprint density at radius 2 is 1.62 bits per heavy atom.